The van der Waals surface area contributed by atoms with E-state index < -0.39 is 0 Å². The van der Waals surface area contributed by atoms with Crippen molar-refractivity contribution >= 4 is 21.6 Å². The molecule has 2 nitrogen and oxygen atoms in total. The largest absolute Gasteiger partial charge is 0.497 e. The molecule has 0 bridgehead atoms. The third-order valence-electron chi connectivity index (χ3n) is 1.69. The van der Waals surface area contributed by atoms with Gasteiger partial charge in [0, 0.05) is 12.7 Å². The number of rotatable bonds is 3. The molecule has 0 saturated heterocycles. The average molecular weight is 230 g/mol. The van der Waals surface area contributed by atoms with Crippen LogP contribution in [0.5, 0.6) is 5.75 Å². The fraction of sp³-hybridized carbons (Fsp3) is 0.333. The van der Waals surface area contributed by atoms with Crippen LogP contribution in [0, 0.1) is 0 Å². The van der Waals surface area contributed by atoms with Crippen LogP contribution in [0.1, 0.15) is 0 Å². The van der Waals surface area contributed by atoms with Gasteiger partial charge in [-0.2, -0.15) is 0 Å². The predicted molar refractivity (Wildman–Crippen MR) is 55.2 cm³/mol. The fourth-order valence-electron chi connectivity index (χ4n) is 0.906. The third-order valence-corrected chi connectivity index (χ3v) is 2.44. The zero-order valence-electron chi connectivity index (χ0n) is 7.25. The summed E-state index contributed by atoms with van der Waals surface area (Å²) >= 11 is 3.38. The van der Waals surface area contributed by atoms with Crippen LogP contribution in [-0.2, 0) is 0 Å². The van der Waals surface area contributed by atoms with E-state index >= 15 is 0 Å². The zero-order valence-corrected chi connectivity index (χ0v) is 8.84. The first kappa shape index (κ1) is 9.39. The van der Waals surface area contributed by atoms with Crippen molar-refractivity contribution < 1.29 is 4.74 Å². The quantitative estimate of drug-likeness (QED) is 0.584. The maximum absolute atomic E-state index is 5.05. The van der Waals surface area contributed by atoms with Crippen molar-refractivity contribution in [2.75, 3.05) is 24.5 Å². The minimum absolute atomic E-state index is 0.833. The number of halogens is 1. The second-order valence-corrected chi connectivity index (χ2v) is 3.02. The van der Waals surface area contributed by atoms with E-state index in [-0.39, 0.29) is 0 Å². The number of alkyl halides is 1. The predicted octanol–water partition coefficient (Wildman–Crippen LogP) is 2.48. The van der Waals surface area contributed by atoms with E-state index in [2.05, 4.69) is 20.8 Å². The van der Waals surface area contributed by atoms with Gasteiger partial charge >= 0.3 is 0 Å². The summed E-state index contributed by atoms with van der Waals surface area (Å²) in [6.07, 6.45) is 0. The minimum atomic E-state index is 0.833. The fourth-order valence-corrected chi connectivity index (χ4v) is 1.20. The van der Waals surface area contributed by atoms with Gasteiger partial charge in [0.15, 0.2) is 0 Å². The topological polar surface area (TPSA) is 12.5 Å². The van der Waals surface area contributed by atoms with Gasteiger partial charge in [-0.05, 0) is 24.3 Å². The molecule has 0 heterocycles. The van der Waals surface area contributed by atoms with Gasteiger partial charge in [0.2, 0.25) is 0 Å². The molecule has 12 heavy (non-hydrogen) atoms. The highest BCUT2D eigenvalue weighted by Gasteiger charge is 1.97. The molecule has 0 aromatic heterocycles. The molecule has 0 radical (unpaired) electrons. The van der Waals surface area contributed by atoms with Crippen LogP contribution >= 0.6 is 15.9 Å². The smallest absolute Gasteiger partial charge is 0.119 e. The first-order valence-corrected chi connectivity index (χ1v) is 4.81. The lowest BCUT2D eigenvalue weighted by Gasteiger charge is -2.15. The molecule has 66 valence electrons. The first-order valence-electron chi connectivity index (χ1n) is 3.69. The third kappa shape index (κ3) is 2.14. The number of methoxy groups -OCH3 is 1. The highest BCUT2D eigenvalue weighted by Crippen LogP contribution is 2.18. The number of hydrogen-bond donors (Lipinski definition) is 0. The van der Waals surface area contributed by atoms with E-state index in [0.29, 0.717) is 0 Å². The van der Waals surface area contributed by atoms with Crippen LogP contribution in [0.25, 0.3) is 0 Å². The van der Waals surface area contributed by atoms with E-state index in [4.69, 9.17) is 4.74 Å². The van der Waals surface area contributed by atoms with Crippen LogP contribution in [0.4, 0.5) is 5.69 Å². The molecule has 0 aliphatic rings. The van der Waals surface area contributed by atoms with E-state index in [1.165, 1.54) is 5.69 Å². The Labute approximate surface area is 81.3 Å². The molecule has 1 aromatic carbocycles. The van der Waals surface area contributed by atoms with Gasteiger partial charge in [0.25, 0.3) is 0 Å². The molecule has 3 heteroatoms. The molecular weight excluding hydrogens is 218 g/mol. The molecule has 0 N–H and O–H groups in total. The summed E-state index contributed by atoms with van der Waals surface area (Å²) in [6.45, 7) is 0. The van der Waals surface area contributed by atoms with Crippen molar-refractivity contribution in [2.45, 2.75) is 0 Å². The highest BCUT2D eigenvalue weighted by molar-refractivity contribution is 9.09. The minimum Gasteiger partial charge on any atom is -0.497 e. The summed E-state index contributed by atoms with van der Waals surface area (Å²) in [7, 11) is 3.69. The van der Waals surface area contributed by atoms with Gasteiger partial charge in [-0.25, -0.2) is 0 Å². The Morgan fingerprint density at radius 2 is 1.92 bits per heavy atom. The van der Waals surface area contributed by atoms with Gasteiger partial charge in [0.1, 0.15) is 5.75 Å². The van der Waals surface area contributed by atoms with E-state index in [1.807, 2.05) is 31.3 Å². The normalized spacial score (nSPS) is 9.58. The molecule has 0 saturated carbocycles. The number of hydrogen-bond acceptors (Lipinski definition) is 2. The molecule has 1 aromatic rings. The van der Waals surface area contributed by atoms with Crippen molar-refractivity contribution in [3.63, 3.8) is 0 Å². The SMILES string of the molecule is COc1ccc(N(C)CBr)cc1. The van der Waals surface area contributed by atoms with Gasteiger partial charge in [-0.1, -0.05) is 15.9 Å². The standard InChI is InChI=1S/C9H12BrNO/c1-11(7-10)8-3-5-9(12-2)6-4-8/h3-6H,7H2,1-2H3. The lowest BCUT2D eigenvalue weighted by Crippen LogP contribution is -2.13. The first-order chi connectivity index (χ1) is 5.77. The summed E-state index contributed by atoms with van der Waals surface area (Å²) in [5.41, 5.74) is 2.01. The molecule has 0 fully saturated rings. The van der Waals surface area contributed by atoms with Crippen molar-refractivity contribution in [2.24, 2.45) is 0 Å². The Balaban J connectivity index is 2.77. The van der Waals surface area contributed by atoms with E-state index in [9.17, 15) is 0 Å². The lowest BCUT2D eigenvalue weighted by molar-refractivity contribution is 0.415. The molecule has 1 rings (SSSR count). The molecular formula is C9H12BrNO. The van der Waals surface area contributed by atoms with Gasteiger partial charge < -0.3 is 9.64 Å². The Morgan fingerprint density at radius 3 is 2.33 bits per heavy atom. The number of anilines is 1. The molecule has 0 amide bonds. The molecule has 0 unspecified atom stereocenters. The molecule has 0 aliphatic carbocycles. The second kappa shape index (κ2) is 4.36. The monoisotopic (exact) mass is 229 g/mol. The Hall–Kier alpha value is -0.700. The van der Waals surface area contributed by atoms with Crippen molar-refractivity contribution in [1.82, 2.24) is 0 Å². The maximum Gasteiger partial charge on any atom is 0.119 e. The van der Waals surface area contributed by atoms with Crippen LogP contribution < -0.4 is 9.64 Å². The van der Waals surface area contributed by atoms with Gasteiger partial charge in [0.05, 0.1) is 12.6 Å². The van der Waals surface area contributed by atoms with Crippen molar-refractivity contribution in [3.8, 4) is 5.75 Å². The maximum atomic E-state index is 5.05. The summed E-state index contributed by atoms with van der Waals surface area (Å²) in [6, 6.07) is 7.96. The molecule has 0 aliphatic heterocycles. The summed E-state index contributed by atoms with van der Waals surface area (Å²) in [5.74, 6) is 0.890. The number of ether oxygens (including phenoxy) is 1. The van der Waals surface area contributed by atoms with E-state index in [0.717, 1.165) is 11.2 Å². The zero-order chi connectivity index (χ0) is 8.97. The van der Waals surface area contributed by atoms with Crippen molar-refractivity contribution in [3.05, 3.63) is 24.3 Å². The van der Waals surface area contributed by atoms with Crippen molar-refractivity contribution in [1.29, 1.82) is 0 Å². The highest BCUT2D eigenvalue weighted by atomic mass is 79.9. The number of nitrogens with zero attached hydrogens (tertiary/aromatic N) is 1. The summed E-state index contributed by atoms with van der Waals surface area (Å²) in [4.78, 5) is 2.10. The van der Waals surface area contributed by atoms with E-state index in [1.54, 1.807) is 7.11 Å². The van der Waals surface area contributed by atoms with Gasteiger partial charge in [-0.3, -0.25) is 0 Å². The van der Waals surface area contributed by atoms with Crippen LogP contribution in [0.15, 0.2) is 24.3 Å². The van der Waals surface area contributed by atoms with Crippen LogP contribution in [0.3, 0.4) is 0 Å². The lowest BCUT2D eigenvalue weighted by atomic mass is 10.3. The Bertz CT molecular complexity index is 235. The number of benzene rings is 1. The average Bonchev–Trinajstić information content (AvgIpc) is 2.17. The molecule has 0 spiro atoms. The second-order valence-electron chi connectivity index (χ2n) is 2.52. The summed E-state index contributed by atoms with van der Waals surface area (Å²) in [5, 5.41) is 0. The van der Waals surface area contributed by atoms with Crippen LogP contribution in [-0.4, -0.2) is 19.6 Å². The summed E-state index contributed by atoms with van der Waals surface area (Å²) < 4.78 is 5.05. The molecule has 0 atom stereocenters. The Morgan fingerprint density at radius 1 is 1.33 bits per heavy atom. The Kier molecular flexibility index (Phi) is 3.41. The van der Waals surface area contributed by atoms with Crippen LogP contribution in [0.2, 0.25) is 0 Å². The van der Waals surface area contributed by atoms with Gasteiger partial charge in [-0.15, -0.1) is 0 Å².